The fraction of sp³-hybridized carbons (Fsp3) is 0.481. The Bertz CT molecular complexity index is 1310. The van der Waals surface area contributed by atoms with Gasteiger partial charge < -0.3 is 15.0 Å². The first-order valence-corrected chi connectivity index (χ1v) is 12.5. The molecular weight excluding hydrogens is 456 g/mol. The fourth-order valence-corrected chi connectivity index (χ4v) is 5.23. The molecule has 0 aliphatic carbocycles. The van der Waals surface area contributed by atoms with Crippen LogP contribution >= 0.6 is 0 Å². The largest absolute Gasteiger partial charge is 0.444 e. The van der Waals surface area contributed by atoms with E-state index in [-0.39, 0.29) is 11.9 Å². The molecule has 9 heteroatoms. The van der Waals surface area contributed by atoms with Crippen molar-refractivity contribution < 1.29 is 14.3 Å². The Kier molecular flexibility index (Phi) is 6.10. The van der Waals surface area contributed by atoms with E-state index in [1.54, 1.807) is 9.80 Å². The third-order valence-electron chi connectivity index (χ3n) is 6.85. The van der Waals surface area contributed by atoms with Crippen LogP contribution in [0.4, 0.5) is 10.6 Å². The van der Waals surface area contributed by atoms with Gasteiger partial charge in [0, 0.05) is 49.9 Å². The summed E-state index contributed by atoms with van der Waals surface area (Å²) in [5, 5.41) is 9.30. The maximum atomic E-state index is 13.5. The number of likely N-dealkylation sites (tertiary alicyclic amines) is 1. The lowest BCUT2D eigenvalue weighted by molar-refractivity contribution is -0.134. The van der Waals surface area contributed by atoms with Crippen LogP contribution < -0.4 is 5.32 Å². The number of hydrogen-bond donors (Lipinski definition) is 1. The van der Waals surface area contributed by atoms with Crippen LogP contribution in [-0.4, -0.2) is 74.4 Å². The second-order valence-corrected chi connectivity index (χ2v) is 10.8. The van der Waals surface area contributed by atoms with Crippen molar-refractivity contribution in [2.75, 3.05) is 25.5 Å². The number of benzene rings is 1. The van der Waals surface area contributed by atoms with Crippen molar-refractivity contribution in [3.63, 3.8) is 0 Å². The molecule has 1 fully saturated rings. The normalized spacial score (nSPS) is 20.6. The zero-order valence-electron chi connectivity index (χ0n) is 21.6. The minimum Gasteiger partial charge on any atom is -0.444 e. The summed E-state index contributed by atoms with van der Waals surface area (Å²) in [5.41, 5.74) is 3.32. The molecule has 1 aromatic carbocycles. The highest BCUT2D eigenvalue weighted by atomic mass is 16.6. The summed E-state index contributed by atoms with van der Waals surface area (Å²) in [6, 6.07) is 11.3. The van der Waals surface area contributed by atoms with Crippen LogP contribution in [0.25, 0.3) is 22.2 Å². The number of aromatic nitrogens is 3. The quantitative estimate of drug-likeness (QED) is 0.515. The van der Waals surface area contributed by atoms with Crippen LogP contribution in [-0.2, 0) is 23.0 Å². The molecule has 1 saturated heterocycles. The first-order chi connectivity index (χ1) is 17.1. The molecule has 2 aromatic heterocycles. The van der Waals surface area contributed by atoms with Crippen LogP contribution in [0.15, 0.2) is 36.4 Å². The highest BCUT2D eigenvalue weighted by Gasteiger charge is 2.42. The second kappa shape index (κ2) is 9.11. The number of likely N-dealkylation sites (N-methyl/N-ethyl adjacent to an activating group) is 1. The molecule has 2 atom stereocenters. The fourth-order valence-electron chi connectivity index (χ4n) is 5.23. The molecule has 0 saturated carbocycles. The van der Waals surface area contributed by atoms with Gasteiger partial charge in [0.1, 0.15) is 17.5 Å². The van der Waals surface area contributed by atoms with Crippen LogP contribution in [0.1, 0.15) is 39.3 Å². The zero-order chi connectivity index (χ0) is 25.6. The van der Waals surface area contributed by atoms with Crippen molar-refractivity contribution in [1.29, 1.82) is 0 Å². The van der Waals surface area contributed by atoms with Gasteiger partial charge in [-0.15, -0.1) is 0 Å². The molecular formula is C27H34N6O3. The Balaban J connectivity index is 1.54. The van der Waals surface area contributed by atoms with Gasteiger partial charge in [0.25, 0.3) is 0 Å². The van der Waals surface area contributed by atoms with Crippen LogP contribution in [0.5, 0.6) is 0 Å². The topological polar surface area (TPSA) is 92.6 Å². The average molecular weight is 491 g/mol. The van der Waals surface area contributed by atoms with Crippen molar-refractivity contribution >= 4 is 28.7 Å². The number of hydrogen-bond acceptors (Lipinski definition) is 6. The molecule has 2 amide bonds. The summed E-state index contributed by atoms with van der Waals surface area (Å²) in [5.74, 6) is 0.637. The number of pyridine rings is 1. The number of nitrogens with zero attached hydrogens (tertiary/aromatic N) is 5. The minimum atomic E-state index is -0.642. The van der Waals surface area contributed by atoms with Crippen molar-refractivity contribution in [1.82, 2.24) is 24.6 Å². The van der Waals surface area contributed by atoms with E-state index in [2.05, 4.69) is 11.4 Å². The van der Waals surface area contributed by atoms with Crippen LogP contribution in [0.3, 0.4) is 0 Å². The molecule has 2 aliphatic rings. The Morgan fingerprint density at radius 1 is 1.14 bits per heavy atom. The van der Waals surface area contributed by atoms with Gasteiger partial charge in [0.2, 0.25) is 5.91 Å². The minimum absolute atomic E-state index is 0.0719. The first-order valence-electron chi connectivity index (χ1n) is 12.5. The molecule has 2 aliphatic heterocycles. The molecule has 36 heavy (non-hydrogen) atoms. The third kappa shape index (κ3) is 4.62. The summed E-state index contributed by atoms with van der Waals surface area (Å²) < 4.78 is 7.58. The van der Waals surface area contributed by atoms with Gasteiger partial charge in [-0.25, -0.2) is 9.78 Å². The molecule has 0 unspecified atom stereocenters. The van der Waals surface area contributed by atoms with E-state index in [1.807, 2.05) is 69.9 Å². The number of aryl methyl sites for hydroxylation is 2. The molecule has 0 spiro atoms. The maximum absolute atomic E-state index is 13.5. The number of rotatable bonds is 0. The van der Waals surface area contributed by atoms with Crippen molar-refractivity contribution in [2.45, 2.75) is 57.7 Å². The smallest absolute Gasteiger partial charge is 0.411 e. The first kappa shape index (κ1) is 24.1. The number of carbonyl (C=O) groups is 2. The Hall–Kier alpha value is -3.62. The number of anilines is 1. The number of fused-ring (bicyclic) bond motifs is 5. The Labute approximate surface area is 211 Å². The number of nitrogens with one attached hydrogen (secondary N) is 1. The average Bonchev–Trinajstić information content (AvgIpc) is 3.37. The van der Waals surface area contributed by atoms with E-state index < -0.39 is 17.7 Å². The summed E-state index contributed by atoms with van der Waals surface area (Å²) in [4.78, 5) is 34.8. The van der Waals surface area contributed by atoms with Crippen molar-refractivity contribution in [3.8, 4) is 11.3 Å². The van der Waals surface area contributed by atoms with Crippen molar-refractivity contribution in [3.05, 3.63) is 42.1 Å². The third-order valence-corrected chi connectivity index (χ3v) is 6.85. The summed E-state index contributed by atoms with van der Waals surface area (Å²) in [7, 11) is 3.77. The second-order valence-electron chi connectivity index (χ2n) is 10.8. The predicted octanol–water partition coefficient (Wildman–Crippen LogP) is 3.83. The maximum Gasteiger partial charge on any atom is 0.411 e. The van der Waals surface area contributed by atoms with Gasteiger partial charge in [-0.1, -0.05) is 18.2 Å². The monoisotopic (exact) mass is 490 g/mol. The van der Waals surface area contributed by atoms with Crippen LogP contribution in [0, 0.1) is 0 Å². The molecule has 9 nitrogen and oxygen atoms in total. The number of ether oxygens (including phenoxy) is 1. The van der Waals surface area contributed by atoms with E-state index in [1.165, 1.54) is 0 Å². The van der Waals surface area contributed by atoms with Crippen molar-refractivity contribution in [2.24, 2.45) is 7.05 Å². The predicted molar refractivity (Wildman–Crippen MR) is 139 cm³/mol. The van der Waals surface area contributed by atoms with Gasteiger partial charge >= 0.3 is 6.09 Å². The molecule has 4 bridgehead atoms. The van der Waals surface area contributed by atoms with Gasteiger partial charge in [-0.2, -0.15) is 5.10 Å². The lowest BCUT2D eigenvalue weighted by Crippen LogP contribution is -2.48. The molecule has 1 N–H and O–H groups in total. The molecule has 0 radical (unpaired) electrons. The Morgan fingerprint density at radius 2 is 1.92 bits per heavy atom. The molecule has 190 valence electrons. The molecule has 3 aromatic rings. The standard InChI is InChI=1S/C27H34N6O3/c1-27(2,3)36-26(35)33-16-17-15-22(33)25(34)31(4)14-8-12-21-24-18(9-6-11-20(24)30-32(21)5)19-10-7-13-23(28-17)29-19/h6-7,9-11,13,17,22H,8,12,14-16H2,1-5H3,(H,28,29)/t17-,22-/m0/s1. The van der Waals surface area contributed by atoms with E-state index in [0.717, 1.165) is 40.7 Å². The lowest BCUT2D eigenvalue weighted by Gasteiger charge is -2.30. The van der Waals surface area contributed by atoms with Gasteiger partial charge in [0.05, 0.1) is 11.2 Å². The van der Waals surface area contributed by atoms with Gasteiger partial charge in [-0.05, 0) is 58.2 Å². The Morgan fingerprint density at radius 3 is 2.69 bits per heavy atom. The van der Waals surface area contributed by atoms with E-state index in [0.29, 0.717) is 25.3 Å². The van der Waals surface area contributed by atoms with Gasteiger partial charge in [-0.3, -0.25) is 14.4 Å². The summed E-state index contributed by atoms with van der Waals surface area (Å²) >= 11 is 0. The SMILES string of the molecule is CN1CCCc2c3c(cccc3nn2C)-c2cccc(n2)N[C@H]2C[C@@H](C1=O)N(C(=O)OC(C)(C)C)C2. The van der Waals surface area contributed by atoms with E-state index in [4.69, 9.17) is 14.8 Å². The lowest BCUT2D eigenvalue weighted by atomic mass is 10.0. The van der Waals surface area contributed by atoms with Gasteiger partial charge in [0.15, 0.2) is 0 Å². The number of carbonyl (C=O) groups excluding carboxylic acids is 2. The molecule has 5 rings (SSSR count). The zero-order valence-corrected chi connectivity index (χ0v) is 21.6. The van der Waals surface area contributed by atoms with Crippen LogP contribution in [0.2, 0.25) is 0 Å². The highest BCUT2D eigenvalue weighted by Crippen LogP contribution is 2.32. The summed E-state index contributed by atoms with van der Waals surface area (Å²) in [6.45, 7) is 6.45. The van der Waals surface area contributed by atoms with E-state index in [9.17, 15) is 9.59 Å². The number of amides is 2. The van der Waals surface area contributed by atoms with E-state index >= 15 is 0 Å². The highest BCUT2D eigenvalue weighted by molar-refractivity contribution is 5.96. The summed E-state index contributed by atoms with van der Waals surface area (Å²) in [6.07, 6.45) is 1.57. The molecule has 4 heterocycles.